The molecule has 2 atom stereocenters. The third-order valence-electron chi connectivity index (χ3n) is 6.14. The summed E-state index contributed by atoms with van der Waals surface area (Å²) in [5, 5.41) is 2.51. The molecule has 2 fully saturated rings. The minimum absolute atomic E-state index is 0.0151. The Hall–Kier alpha value is -3.25. The summed E-state index contributed by atoms with van der Waals surface area (Å²) in [6.07, 6.45) is 2.65. The van der Waals surface area contributed by atoms with Crippen LogP contribution < -0.4 is 4.74 Å². The van der Waals surface area contributed by atoms with E-state index < -0.39 is 11.9 Å². The van der Waals surface area contributed by atoms with Crippen LogP contribution in [0.1, 0.15) is 29.4 Å². The number of hydrogen-bond donors (Lipinski definition) is 0. The second-order valence-electron chi connectivity index (χ2n) is 8.14. The zero-order chi connectivity index (χ0) is 20.7. The topological polar surface area (TPSA) is 68.7 Å². The van der Waals surface area contributed by atoms with E-state index in [0.717, 1.165) is 13.1 Å². The van der Waals surface area contributed by atoms with Crippen molar-refractivity contribution < 1.29 is 19.1 Å². The SMILES string of the molecule is CC(=O)Oc1cccnc1C(=O)OCN1C[C@H]2C[C@@]2(c2ccc3ccccc3c2)C1. The Balaban J connectivity index is 1.25. The summed E-state index contributed by atoms with van der Waals surface area (Å²) in [6, 6.07) is 18.3. The maximum atomic E-state index is 12.5. The van der Waals surface area contributed by atoms with Crippen LogP contribution in [0.25, 0.3) is 10.8 Å². The number of piperidine rings is 1. The number of fused-ring (bicyclic) bond motifs is 2. The highest BCUT2D eigenvalue weighted by atomic mass is 16.6. The highest BCUT2D eigenvalue weighted by molar-refractivity contribution is 5.91. The van der Waals surface area contributed by atoms with Gasteiger partial charge in [-0.1, -0.05) is 42.5 Å². The van der Waals surface area contributed by atoms with Crippen molar-refractivity contribution in [2.45, 2.75) is 18.8 Å². The van der Waals surface area contributed by atoms with Gasteiger partial charge in [0, 0.05) is 31.6 Å². The molecule has 5 rings (SSSR count). The van der Waals surface area contributed by atoms with E-state index in [2.05, 4.69) is 52.3 Å². The van der Waals surface area contributed by atoms with E-state index in [1.54, 1.807) is 6.07 Å². The average molecular weight is 402 g/mol. The number of likely N-dealkylation sites (tertiary alicyclic amines) is 1. The molecule has 1 aromatic heterocycles. The molecule has 152 valence electrons. The van der Waals surface area contributed by atoms with Gasteiger partial charge >= 0.3 is 11.9 Å². The lowest BCUT2D eigenvalue weighted by atomic mass is 9.93. The molecule has 0 spiro atoms. The molecule has 30 heavy (non-hydrogen) atoms. The molecule has 1 saturated heterocycles. The smallest absolute Gasteiger partial charge is 0.362 e. The van der Waals surface area contributed by atoms with Gasteiger partial charge in [-0.15, -0.1) is 0 Å². The van der Waals surface area contributed by atoms with Crippen LogP contribution in [-0.4, -0.2) is 41.6 Å². The summed E-state index contributed by atoms with van der Waals surface area (Å²) in [5.41, 5.74) is 1.54. The van der Waals surface area contributed by atoms with E-state index in [1.807, 2.05) is 0 Å². The molecule has 0 bridgehead atoms. The zero-order valence-electron chi connectivity index (χ0n) is 16.7. The van der Waals surface area contributed by atoms with Crippen molar-refractivity contribution in [2.24, 2.45) is 5.92 Å². The van der Waals surface area contributed by atoms with Crippen LogP contribution in [-0.2, 0) is 14.9 Å². The number of ether oxygens (including phenoxy) is 2. The van der Waals surface area contributed by atoms with E-state index in [4.69, 9.17) is 9.47 Å². The van der Waals surface area contributed by atoms with Crippen molar-refractivity contribution in [3.8, 4) is 5.75 Å². The fourth-order valence-corrected chi connectivity index (χ4v) is 4.63. The number of nitrogens with zero attached hydrogens (tertiary/aromatic N) is 2. The van der Waals surface area contributed by atoms with Gasteiger partial charge in [-0.25, -0.2) is 9.78 Å². The second-order valence-corrected chi connectivity index (χ2v) is 8.14. The lowest BCUT2D eigenvalue weighted by molar-refractivity contribution is -0.131. The highest BCUT2D eigenvalue weighted by Crippen LogP contribution is 2.59. The number of esters is 2. The van der Waals surface area contributed by atoms with Crippen molar-refractivity contribution in [3.05, 3.63) is 72.1 Å². The molecule has 3 aromatic rings. The molecule has 1 aliphatic heterocycles. The largest absolute Gasteiger partial charge is 0.445 e. The average Bonchev–Trinajstić information content (AvgIpc) is 3.33. The minimum Gasteiger partial charge on any atom is -0.445 e. The molecule has 0 radical (unpaired) electrons. The molecular weight excluding hydrogens is 380 g/mol. The Morgan fingerprint density at radius 2 is 1.97 bits per heavy atom. The maximum absolute atomic E-state index is 12.5. The molecule has 6 heteroatoms. The van der Waals surface area contributed by atoms with E-state index in [-0.39, 0.29) is 23.6 Å². The summed E-state index contributed by atoms with van der Waals surface area (Å²) in [7, 11) is 0. The normalized spacial score (nSPS) is 22.5. The van der Waals surface area contributed by atoms with Crippen LogP contribution in [0.5, 0.6) is 5.75 Å². The summed E-state index contributed by atoms with van der Waals surface area (Å²) in [4.78, 5) is 29.9. The minimum atomic E-state index is -0.591. The molecular formula is C24H22N2O4. The van der Waals surface area contributed by atoms with Crippen LogP contribution in [0.2, 0.25) is 0 Å². The molecule has 2 aliphatic rings. The third kappa shape index (κ3) is 3.33. The molecule has 6 nitrogen and oxygen atoms in total. The van der Waals surface area contributed by atoms with Crippen LogP contribution in [0.4, 0.5) is 0 Å². The van der Waals surface area contributed by atoms with Gasteiger partial charge in [0.05, 0.1) is 0 Å². The van der Waals surface area contributed by atoms with Gasteiger partial charge < -0.3 is 9.47 Å². The zero-order valence-corrected chi connectivity index (χ0v) is 16.7. The maximum Gasteiger partial charge on any atom is 0.362 e. The Kier molecular flexibility index (Phi) is 4.51. The molecule has 1 saturated carbocycles. The van der Waals surface area contributed by atoms with Crippen LogP contribution >= 0.6 is 0 Å². The first-order chi connectivity index (χ1) is 14.5. The van der Waals surface area contributed by atoms with Crippen molar-refractivity contribution >= 4 is 22.7 Å². The number of hydrogen-bond acceptors (Lipinski definition) is 6. The number of benzene rings is 2. The number of pyridine rings is 1. The van der Waals surface area contributed by atoms with E-state index in [9.17, 15) is 9.59 Å². The predicted molar refractivity (Wildman–Crippen MR) is 111 cm³/mol. The fourth-order valence-electron chi connectivity index (χ4n) is 4.63. The van der Waals surface area contributed by atoms with Gasteiger partial charge in [0.1, 0.15) is 6.73 Å². The first-order valence-electron chi connectivity index (χ1n) is 10.1. The Morgan fingerprint density at radius 1 is 1.13 bits per heavy atom. The number of carbonyl (C=O) groups excluding carboxylic acids is 2. The molecule has 2 aromatic carbocycles. The van der Waals surface area contributed by atoms with Gasteiger partial charge in [-0.3, -0.25) is 9.69 Å². The molecule has 0 N–H and O–H groups in total. The van der Waals surface area contributed by atoms with E-state index in [1.165, 1.54) is 41.9 Å². The van der Waals surface area contributed by atoms with Crippen molar-refractivity contribution in [1.29, 1.82) is 0 Å². The lowest BCUT2D eigenvalue weighted by Gasteiger charge is -2.21. The van der Waals surface area contributed by atoms with Crippen LogP contribution in [0, 0.1) is 5.92 Å². The second kappa shape index (κ2) is 7.22. The van der Waals surface area contributed by atoms with E-state index in [0.29, 0.717) is 5.92 Å². The van der Waals surface area contributed by atoms with Crippen molar-refractivity contribution in [1.82, 2.24) is 9.88 Å². The van der Waals surface area contributed by atoms with Crippen molar-refractivity contribution in [2.75, 3.05) is 19.8 Å². The van der Waals surface area contributed by atoms with Crippen molar-refractivity contribution in [3.63, 3.8) is 0 Å². The molecule has 0 unspecified atom stereocenters. The van der Waals surface area contributed by atoms with Crippen LogP contribution in [0.15, 0.2) is 60.8 Å². The van der Waals surface area contributed by atoms with Gasteiger partial charge in [-0.05, 0) is 40.8 Å². The molecule has 2 heterocycles. The fraction of sp³-hybridized carbons (Fsp3) is 0.292. The Labute approximate surface area is 174 Å². The third-order valence-corrected chi connectivity index (χ3v) is 6.14. The van der Waals surface area contributed by atoms with Gasteiger partial charge in [-0.2, -0.15) is 0 Å². The van der Waals surface area contributed by atoms with Gasteiger partial charge in [0.25, 0.3) is 0 Å². The Morgan fingerprint density at radius 3 is 2.80 bits per heavy atom. The standard InChI is InChI=1S/C24H22N2O4/c1-16(27)30-21-7-4-10-25-22(21)23(28)29-15-26-13-20-12-24(20,14-26)19-9-8-17-5-2-3-6-18(17)11-19/h2-11,20H,12-15H2,1H3/t20-,24+/m1/s1. The number of aromatic nitrogens is 1. The first kappa shape index (κ1) is 18.8. The van der Waals surface area contributed by atoms with Gasteiger partial charge in [0.2, 0.25) is 0 Å². The molecule has 1 aliphatic carbocycles. The number of rotatable bonds is 5. The molecule has 0 amide bonds. The summed E-state index contributed by atoms with van der Waals surface area (Å²) >= 11 is 0. The monoisotopic (exact) mass is 402 g/mol. The van der Waals surface area contributed by atoms with Gasteiger partial charge in [0.15, 0.2) is 11.4 Å². The Bertz CT molecular complexity index is 1140. The summed E-state index contributed by atoms with van der Waals surface area (Å²) < 4.78 is 10.5. The first-order valence-corrected chi connectivity index (χ1v) is 10.1. The summed E-state index contributed by atoms with van der Waals surface area (Å²) in [5.74, 6) is -0.392. The quantitative estimate of drug-likeness (QED) is 0.608. The van der Waals surface area contributed by atoms with E-state index >= 15 is 0 Å². The number of carbonyl (C=O) groups is 2. The highest BCUT2D eigenvalue weighted by Gasteiger charge is 2.60. The lowest BCUT2D eigenvalue weighted by Crippen LogP contribution is -2.30. The summed E-state index contributed by atoms with van der Waals surface area (Å²) in [6.45, 7) is 3.24. The predicted octanol–water partition coefficient (Wildman–Crippen LogP) is 3.55. The van der Waals surface area contributed by atoms with Crippen LogP contribution in [0.3, 0.4) is 0 Å².